The third-order valence-corrected chi connectivity index (χ3v) is 3.95. The average Bonchev–Trinajstić information content (AvgIpc) is 3.07. The maximum atomic E-state index is 11.9. The van der Waals surface area contributed by atoms with Crippen molar-refractivity contribution in [3.8, 4) is 0 Å². The van der Waals surface area contributed by atoms with Gasteiger partial charge in [-0.25, -0.2) is 4.79 Å². The molecule has 0 aliphatic rings. The quantitative estimate of drug-likeness (QED) is 0.650. The van der Waals surface area contributed by atoms with Crippen LogP contribution in [0.2, 0.25) is 0 Å². The Kier molecular flexibility index (Phi) is 5.65. The van der Waals surface area contributed by atoms with E-state index in [2.05, 4.69) is 5.32 Å². The van der Waals surface area contributed by atoms with Gasteiger partial charge < -0.3 is 10.1 Å². The molecule has 6 heteroatoms. The molecule has 0 aliphatic carbocycles. The lowest BCUT2D eigenvalue weighted by atomic mass is 10.1. The standard InChI is InChI=1S/C17H17NO4S/c1-11(2)16(20)18-13-7-5-12(6-8-13)17(21)22-10-14(19)15-4-3-9-23-15/h3-9,11H,10H2,1-2H3,(H,18,20). The molecule has 1 N–H and O–H groups in total. The van der Waals surface area contributed by atoms with Crippen LogP contribution in [0.3, 0.4) is 0 Å². The summed E-state index contributed by atoms with van der Waals surface area (Å²) in [4.78, 5) is 35.8. The number of ether oxygens (including phenoxy) is 1. The Morgan fingerprint density at radius 1 is 1.13 bits per heavy atom. The van der Waals surface area contributed by atoms with Gasteiger partial charge in [-0.2, -0.15) is 0 Å². The first-order valence-corrected chi connectivity index (χ1v) is 8.00. The van der Waals surface area contributed by atoms with Gasteiger partial charge in [-0.3, -0.25) is 9.59 Å². The van der Waals surface area contributed by atoms with E-state index >= 15 is 0 Å². The summed E-state index contributed by atoms with van der Waals surface area (Å²) in [6.45, 7) is 3.31. The highest BCUT2D eigenvalue weighted by molar-refractivity contribution is 7.12. The summed E-state index contributed by atoms with van der Waals surface area (Å²) in [5.41, 5.74) is 0.932. The number of rotatable bonds is 6. The lowest BCUT2D eigenvalue weighted by Gasteiger charge is -2.08. The Morgan fingerprint density at radius 2 is 1.83 bits per heavy atom. The number of carbonyl (C=O) groups excluding carboxylic acids is 3. The van der Waals surface area contributed by atoms with Crippen LogP contribution in [-0.4, -0.2) is 24.3 Å². The van der Waals surface area contributed by atoms with E-state index in [4.69, 9.17) is 4.74 Å². The van der Waals surface area contributed by atoms with Gasteiger partial charge in [-0.05, 0) is 35.7 Å². The van der Waals surface area contributed by atoms with Gasteiger partial charge in [-0.1, -0.05) is 19.9 Å². The number of anilines is 1. The minimum atomic E-state index is -0.573. The summed E-state index contributed by atoms with van der Waals surface area (Å²) < 4.78 is 5.00. The Balaban J connectivity index is 1.90. The molecular formula is C17H17NO4S. The fraction of sp³-hybridized carbons (Fsp3) is 0.235. The zero-order chi connectivity index (χ0) is 16.8. The summed E-state index contributed by atoms with van der Waals surface area (Å²) in [6.07, 6.45) is 0. The van der Waals surface area contributed by atoms with Crippen LogP contribution in [0.5, 0.6) is 0 Å². The molecule has 120 valence electrons. The molecule has 0 spiro atoms. The summed E-state index contributed by atoms with van der Waals surface area (Å²) in [5.74, 6) is -1.02. The average molecular weight is 331 g/mol. The molecule has 5 nitrogen and oxygen atoms in total. The van der Waals surface area contributed by atoms with Crippen LogP contribution < -0.4 is 5.32 Å². The topological polar surface area (TPSA) is 72.5 Å². The van der Waals surface area contributed by atoms with E-state index in [1.165, 1.54) is 11.3 Å². The largest absolute Gasteiger partial charge is 0.454 e. The van der Waals surface area contributed by atoms with E-state index in [1.807, 2.05) is 0 Å². The number of nitrogens with one attached hydrogen (secondary N) is 1. The second-order valence-electron chi connectivity index (χ2n) is 5.20. The van der Waals surface area contributed by atoms with Gasteiger partial charge in [0.15, 0.2) is 6.61 Å². The number of carbonyl (C=O) groups is 3. The van der Waals surface area contributed by atoms with E-state index in [1.54, 1.807) is 55.6 Å². The number of ketones is 1. The van der Waals surface area contributed by atoms with Crippen LogP contribution in [0.4, 0.5) is 5.69 Å². The van der Waals surface area contributed by atoms with Crippen LogP contribution in [0.15, 0.2) is 41.8 Å². The molecule has 0 radical (unpaired) electrons. The fourth-order valence-corrected chi connectivity index (χ4v) is 2.35. The van der Waals surface area contributed by atoms with Crippen LogP contribution in [-0.2, 0) is 9.53 Å². The highest BCUT2D eigenvalue weighted by atomic mass is 32.1. The van der Waals surface area contributed by atoms with Crippen LogP contribution >= 0.6 is 11.3 Å². The normalized spacial score (nSPS) is 10.4. The second kappa shape index (κ2) is 7.69. The van der Waals surface area contributed by atoms with Crippen molar-refractivity contribution >= 4 is 34.7 Å². The van der Waals surface area contributed by atoms with Crippen molar-refractivity contribution in [1.82, 2.24) is 0 Å². The van der Waals surface area contributed by atoms with Crippen LogP contribution in [0.1, 0.15) is 33.9 Å². The van der Waals surface area contributed by atoms with Gasteiger partial charge in [-0.15, -0.1) is 11.3 Å². The van der Waals surface area contributed by atoms with Crippen molar-refractivity contribution in [3.05, 3.63) is 52.2 Å². The van der Waals surface area contributed by atoms with Gasteiger partial charge in [0.05, 0.1) is 10.4 Å². The van der Waals surface area contributed by atoms with Crippen molar-refractivity contribution in [2.45, 2.75) is 13.8 Å². The molecule has 23 heavy (non-hydrogen) atoms. The number of esters is 1. The first-order chi connectivity index (χ1) is 11.0. The lowest BCUT2D eigenvalue weighted by Crippen LogP contribution is -2.18. The van der Waals surface area contributed by atoms with Crippen molar-refractivity contribution in [2.75, 3.05) is 11.9 Å². The predicted octanol–water partition coefficient (Wildman–Crippen LogP) is 3.38. The minimum Gasteiger partial charge on any atom is -0.454 e. The third kappa shape index (κ3) is 4.75. The van der Waals surface area contributed by atoms with Gasteiger partial charge >= 0.3 is 5.97 Å². The summed E-state index contributed by atoms with van der Waals surface area (Å²) >= 11 is 1.31. The molecule has 0 saturated carbocycles. The minimum absolute atomic E-state index is 0.0955. The van der Waals surface area contributed by atoms with Gasteiger partial charge in [0.1, 0.15) is 0 Å². The molecule has 0 saturated heterocycles. The number of thiophene rings is 1. The molecular weight excluding hydrogens is 314 g/mol. The van der Waals surface area contributed by atoms with Crippen molar-refractivity contribution < 1.29 is 19.1 Å². The van der Waals surface area contributed by atoms with E-state index in [0.29, 0.717) is 16.1 Å². The highest BCUT2D eigenvalue weighted by Gasteiger charge is 2.13. The first-order valence-electron chi connectivity index (χ1n) is 7.12. The zero-order valence-corrected chi connectivity index (χ0v) is 13.7. The summed E-state index contributed by atoms with van der Waals surface area (Å²) in [5, 5.41) is 4.52. The lowest BCUT2D eigenvalue weighted by molar-refractivity contribution is -0.118. The summed E-state index contributed by atoms with van der Waals surface area (Å²) in [6, 6.07) is 9.80. The Bertz CT molecular complexity index is 690. The highest BCUT2D eigenvalue weighted by Crippen LogP contribution is 2.13. The van der Waals surface area contributed by atoms with Gasteiger partial charge in [0.2, 0.25) is 11.7 Å². The number of hydrogen-bond acceptors (Lipinski definition) is 5. The smallest absolute Gasteiger partial charge is 0.338 e. The van der Waals surface area contributed by atoms with Gasteiger partial charge in [0.25, 0.3) is 0 Å². The molecule has 1 aromatic carbocycles. The van der Waals surface area contributed by atoms with E-state index in [0.717, 1.165) is 0 Å². The first kappa shape index (κ1) is 16.9. The molecule has 0 aliphatic heterocycles. The third-order valence-electron chi connectivity index (χ3n) is 3.04. The van der Waals surface area contributed by atoms with Crippen molar-refractivity contribution in [2.24, 2.45) is 5.92 Å². The molecule has 0 unspecified atom stereocenters. The molecule has 2 rings (SSSR count). The molecule has 1 amide bonds. The van der Waals surface area contributed by atoms with Gasteiger partial charge in [0, 0.05) is 11.6 Å². The fourth-order valence-electron chi connectivity index (χ4n) is 1.70. The second-order valence-corrected chi connectivity index (χ2v) is 6.15. The number of benzene rings is 1. The predicted molar refractivity (Wildman–Crippen MR) is 88.8 cm³/mol. The van der Waals surface area contributed by atoms with Crippen LogP contribution in [0.25, 0.3) is 0 Å². The zero-order valence-electron chi connectivity index (χ0n) is 12.9. The number of Topliss-reactive ketones (excluding diaryl/α,β-unsaturated/α-hetero) is 1. The Morgan fingerprint density at radius 3 is 2.39 bits per heavy atom. The summed E-state index contributed by atoms with van der Waals surface area (Å²) in [7, 11) is 0. The molecule has 0 fully saturated rings. The number of amides is 1. The molecule has 0 atom stereocenters. The van der Waals surface area contributed by atoms with Crippen molar-refractivity contribution in [3.63, 3.8) is 0 Å². The molecule has 1 heterocycles. The van der Waals surface area contributed by atoms with E-state index in [-0.39, 0.29) is 24.2 Å². The Labute approximate surface area is 138 Å². The van der Waals surface area contributed by atoms with Crippen LogP contribution in [0, 0.1) is 5.92 Å². The molecule has 1 aromatic heterocycles. The molecule has 2 aromatic rings. The Hall–Kier alpha value is -2.47. The van der Waals surface area contributed by atoms with Crippen molar-refractivity contribution in [1.29, 1.82) is 0 Å². The maximum Gasteiger partial charge on any atom is 0.338 e. The SMILES string of the molecule is CC(C)C(=O)Nc1ccc(C(=O)OCC(=O)c2cccs2)cc1. The van der Waals surface area contributed by atoms with E-state index in [9.17, 15) is 14.4 Å². The maximum absolute atomic E-state index is 11.9. The number of hydrogen-bond donors (Lipinski definition) is 1. The van der Waals surface area contributed by atoms with E-state index < -0.39 is 5.97 Å². The molecule has 0 bridgehead atoms. The monoisotopic (exact) mass is 331 g/mol.